The van der Waals surface area contributed by atoms with Crippen LogP contribution in [0, 0.1) is 34.4 Å². The van der Waals surface area contributed by atoms with Gasteiger partial charge in [0.2, 0.25) is 5.91 Å². The van der Waals surface area contributed by atoms with Crippen LogP contribution in [0.3, 0.4) is 0 Å². The zero-order chi connectivity index (χ0) is 28.7. The van der Waals surface area contributed by atoms with Crippen molar-refractivity contribution in [2.24, 2.45) is 28.6 Å². The van der Waals surface area contributed by atoms with Crippen LogP contribution in [0.15, 0.2) is 24.3 Å². The van der Waals surface area contributed by atoms with E-state index in [0.29, 0.717) is 32.2 Å². The van der Waals surface area contributed by atoms with E-state index in [4.69, 9.17) is 9.47 Å². The number of carboxylic acid groups (broad SMARTS) is 1. The maximum atomic E-state index is 15.0. The van der Waals surface area contributed by atoms with Crippen molar-refractivity contribution in [3.8, 4) is 11.5 Å². The van der Waals surface area contributed by atoms with Crippen molar-refractivity contribution in [2.75, 3.05) is 13.7 Å². The summed E-state index contributed by atoms with van der Waals surface area (Å²) in [5.41, 5.74) is -0.521. The molecule has 0 radical (unpaired) electrons. The lowest BCUT2D eigenvalue weighted by molar-refractivity contribution is -0.150. The molecule has 8 nitrogen and oxygen atoms in total. The number of carbonyl (C=O) groups excluding carboxylic acids is 2. The van der Waals surface area contributed by atoms with E-state index in [-0.39, 0.29) is 58.3 Å². The van der Waals surface area contributed by atoms with Gasteiger partial charge in [0.05, 0.1) is 30.1 Å². The highest BCUT2D eigenvalue weighted by molar-refractivity contribution is 5.98. The summed E-state index contributed by atoms with van der Waals surface area (Å²) < 4.78 is 26.3. The number of benzene rings is 1. The van der Waals surface area contributed by atoms with Crippen molar-refractivity contribution in [3.63, 3.8) is 0 Å². The fourth-order valence-corrected chi connectivity index (χ4v) is 6.86. The van der Waals surface area contributed by atoms with Crippen LogP contribution in [-0.2, 0) is 9.59 Å². The summed E-state index contributed by atoms with van der Waals surface area (Å²) in [5.74, 6) is -2.22. The number of rotatable bonds is 9. The van der Waals surface area contributed by atoms with Gasteiger partial charge in [0.15, 0.2) is 11.6 Å². The quantitative estimate of drug-likeness (QED) is 0.374. The first-order valence-electron chi connectivity index (χ1n) is 14.6. The number of fused-ring (bicyclic) bond motifs is 2. The Morgan fingerprint density at radius 2 is 1.68 bits per heavy atom. The Labute approximate surface area is 235 Å². The smallest absolute Gasteiger partial charge is 0.309 e. The van der Waals surface area contributed by atoms with Gasteiger partial charge in [-0.1, -0.05) is 25.5 Å². The lowest BCUT2D eigenvalue weighted by Crippen LogP contribution is -2.57. The second-order valence-corrected chi connectivity index (χ2v) is 12.9. The molecule has 2 amide bonds. The molecule has 4 atom stereocenters. The van der Waals surface area contributed by atoms with E-state index in [1.54, 1.807) is 6.92 Å². The summed E-state index contributed by atoms with van der Waals surface area (Å²) in [7, 11) is 1.38. The van der Waals surface area contributed by atoms with Gasteiger partial charge in [-0.05, 0) is 81.6 Å². The molecule has 0 aromatic heterocycles. The summed E-state index contributed by atoms with van der Waals surface area (Å²) in [6.45, 7) is 4.56. The van der Waals surface area contributed by atoms with Crippen molar-refractivity contribution < 1.29 is 33.4 Å². The summed E-state index contributed by atoms with van der Waals surface area (Å²) >= 11 is 0. The SMILES string of the molecule is COc1cc(F)c(OC2CCC(C)(C(=O)O)CC2)cc1C(=O)N[C@H]1[C@@H](C(=O)NCC2(C)CCC2)[C@H]2C=C[C@@H]1CC2. The van der Waals surface area contributed by atoms with E-state index in [1.807, 2.05) is 0 Å². The number of nitrogens with one attached hydrogen (secondary N) is 2. The fraction of sp³-hybridized carbons (Fsp3) is 0.645. The predicted molar refractivity (Wildman–Crippen MR) is 147 cm³/mol. The molecule has 3 fully saturated rings. The minimum atomic E-state index is -0.837. The van der Waals surface area contributed by atoms with E-state index in [2.05, 4.69) is 29.7 Å². The largest absolute Gasteiger partial charge is 0.496 e. The van der Waals surface area contributed by atoms with Crippen LogP contribution in [0.1, 0.15) is 82.0 Å². The highest BCUT2D eigenvalue weighted by atomic mass is 19.1. The molecule has 40 heavy (non-hydrogen) atoms. The number of hydrogen-bond donors (Lipinski definition) is 3. The number of carboxylic acids is 1. The molecule has 0 aliphatic heterocycles. The first kappa shape index (κ1) is 28.4. The predicted octanol–water partition coefficient (Wildman–Crippen LogP) is 4.86. The molecule has 2 bridgehead atoms. The molecule has 3 N–H and O–H groups in total. The third kappa shape index (κ3) is 5.56. The lowest BCUT2D eigenvalue weighted by atomic mass is 9.65. The van der Waals surface area contributed by atoms with Crippen LogP contribution in [0.4, 0.5) is 4.39 Å². The minimum absolute atomic E-state index is 0.0294. The molecule has 0 unspecified atom stereocenters. The van der Waals surface area contributed by atoms with Crippen molar-refractivity contribution in [3.05, 3.63) is 35.7 Å². The minimum Gasteiger partial charge on any atom is -0.496 e. The molecule has 5 aliphatic rings. The topological polar surface area (TPSA) is 114 Å². The van der Waals surface area contributed by atoms with E-state index in [1.165, 1.54) is 19.6 Å². The summed E-state index contributed by atoms with van der Waals surface area (Å²) in [6, 6.07) is 2.12. The number of carbonyl (C=O) groups is 3. The third-order valence-electron chi connectivity index (χ3n) is 9.94. The summed E-state index contributed by atoms with van der Waals surface area (Å²) in [5, 5.41) is 15.8. The molecule has 0 spiro atoms. The van der Waals surface area contributed by atoms with E-state index in [0.717, 1.165) is 31.7 Å². The maximum absolute atomic E-state index is 15.0. The molecule has 9 heteroatoms. The average Bonchev–Trinajstić information content (AvgIpc) is 2.93. The van der Waals surface area contributed by atoms with Crippen LogP contribution in [0.5, 0.6) is 11.5 Å². The Kier molecular flexibility index (Phi) is 7.86. The zero-order valence-electron chi connectivity index (χ0n) is 23.6. The van der Waals surface area contributed by atoms with Gasteiger partial charge in [-0.3, -0.25) is 14.4 Å². The second kappa shape index (κ2) is 11.1. The molecule has 218 valence electrons. The first-order chi connectivity index (χ1) is 19.0. The van der Waals surface area contributed by atoms with Gasteiger partial charge < -0.3 is 25.2 Å². The van der Waals surface area contributed by atoms with E-state index >= 15 is 0 Å². The van der Waals surface area contributed by atoms with Crippen molar-refractivity contribution >= 4 is 17.8 Å². The molecule has 0 heterocycles. The number of ether oxygens (including phenoxy) is 2. The van der Waals surface area contributed by atoms with Crippen LogP contribution in [0.2, 0.25) is 0 Å². The molecule has 0 saturated heterocycles. The molecular weight excluding hydrogens is 515 g/mol. The lowest BCUT2D eigenvalue weighted by Gasteiger charge is -2.45. The Bertz CT molecular complexity index is 1190. The van der Waals surface area contributed by atoms with E-state index < -0.39 is 23.1 Å². The average molecular weight is 557 g/mol. The van der Waals surface area contributed by atoms with Crippen molar-refractivity contribution in [1.29, 1.82) is 0 Å². The molecule has 5 aliphatic carbocycles. The van der Waals surface area contributed by atoms with Gasteiger partial charge in [-0.15, -0.1) is 0 Å². The van der Waals surface area contributed by atoms with E-state index in [9.17, 15) is 23.9 Å². The molecule has 6 rings (SSSR count). The van der Waals surface area contributed by atoms with Gasteiger partial charge in [-0.25, -0.2) is 4.39 Å². The Hall–Kier alpha value is -3.10. The molecule has 3 saturated carbocycles. The monoisotopic (exact) mass is 556 g/mol. The fourth-order valence-electron chi connectivity index (χ4n) is 6.86. The number of aliphatic carboxylic acids is 1. The van der Waals surface area contributed by atoms with Crippen molar-refractivity contribution in [1.82, 2.24) is 10.6 Å². The normalized spacial score (nSPS) is 32.0. The number of halogens is 1. The van der Waals surface area contributed by atoms with Gasteiger partial charge in [0.25, 0.3) is 5.91 Å². The Morgan fingerprint density at radius 3 is 2.25 bits per heavy atom. The van der Waals surface area contributed by atoms with Crippen molar-refractivity contribution in [2.45, 2.75) is 83.8 Å². The highest BCUT2D eigenvalue weighted by Crippen LogP contribution is 2.43. The summed E-state index contributed by atoms with van der Waals surface area (Å²) in [6.07, 6.45) is 10.9. The maximum Gasteiger partial charge on any atom is 0.309 e. The molecule has 1 aromatic carbocycles. The summed E-state index contributed by atoms with van der Waals surface area (Å²) in [4.78, 5) is 38.6. The van der Waals surface area contributed by atoms with Gasteiger partial charge >= 0.3 is 5.97 Å². The van der Waals surface area contributed by atoms with Crippen LogP contribution < -0.4 is 20.1 Å². The van der Waals surface area contributed by atoms with Crippen LogP contribution in [-0.4, -0.2) is 48.7 Å². The Morgan fingerprint density at radius 1 is 1.00 bits per heavy atom. The molecular formula is C31H41FN2O6. The van der Waals surface area contributed by atoms with Crippen LogP contribution >= 0.6 is 0 Å². The van der Waals surface area contributed by atoms with Gasteiger partial charge in [-0.2, -0.15) is 0 Å². The van der Waals surface area contributed by atoms with Crippen LogP contribution in [0.25, 0.3) is 0 Å². The Balaban J connectivity index is 1.31. The second-order valence-electron chi connectivity index (χ2n) is 12.9. The zero-order valence-corrected chi connectivity index (χ0v) is 23.6. The number of methoxy groups -OCH3 is 1. The van der Waals surface area contributed by atoms with Gasteiger partial charge in [0, 0.05) is 18.7 Å². The van der Waals surface area contributed by atoms with Gasteiger partial charge in [0.1, 0.15) is 5.75 Å². The first-order valence-corrected chi connectivity index (χ1v) is 14.6. The highest BCUT2D eigenvalue weighted by Gasteiger charge is 2.46. The number of allylic oxidation sites excluding steroid dienone is 1. The third-order valence-corrected chi connectivity index (χ3v) is 9.94. The number of amides is 2. The standard InChI is InChI=1S/C31H41FN2O6/c1-30(11-4-12-30)17-33-28(36)25-18-5-7-19(8-6-18)26(25)34-27(35)21-15-24(22(32)16-23(21)39-3)40-20-9-13-31(2,14-10-20)29(37)38/h5,7,15-16,18-20,25-26H,4,6,8-14,17H2,1-3H3,(H,33,36)(H,34,35)(H,37,38)/t18-,19+,20?,25-,26+,31?/m0/s1. The molecule has 1 aromatic rings. The number of hydrogen-bond acceptors (Lipinski definition) is 5.